The molecular weight excluding hydrogens is 448 g/mol. The SMILES string of the molecule is CC(C)[C@H](Nc1c(Nc2cccc(C(=O)N(C)C)c2O)c(=O)c1=O)C(=O)N[C@H](C)c1ccccc1. The Morgan fingerprint density at radius 2 is 1.51 bits per heavy atom. The van der Waals surface area contributed by atoms with E-state index in [1.165, 1.54) is 17.0 Å². The van der Waals surface area contributed by atoms with Crippen molar-refractivity contribution in [2.24, 2.45) is 5.92 Å². The van der Waals surface area contributed by atoms with Crippen LogP contribution in [0.4, 0.5) is 17.1 Å². The molecular formula is C26H30N4O5. The number of aromatic hydroxyl groups is 1. The predicted molar refractivity (Wildman–Crippen MR) is 136 cm³/mol. The van der Waals surface area contributed by atoms with E-state index in [4.69, 9.17) is 0 Å². The highest BCUT2D eigenvalue weighted by atomic mass is 16.3. The van der Waals surface area contributed by atoms with Crippen LogP contribution in [0.2, 0.25) is 0 Å². The van der Waals surface area contributed by atoms with E-state index in [0.717, 1.165) is 5.56 Å². The smallest absolute Gasteiger partial charge is 0.257 e. The average molecular weight is 479 g/mol. The van der Waals surface area contributed by atoms with Gasteiger partial charge in [0.15, 0.2) is 5.75 Å². The largest absolute Gasteiger partial charge is 0.505 e. The molecule has 3 rings (SSSR count). The van der Waals surface area contributed by atoms with Crippen molar-refractivity contribution < 1.29 is 14.7 Å². The molecule has 0 aliphatic carbocycles. The van der Waals surface area contributed by atoms with E-state index in [0.29, 0.717) is 0 Å². The Bertz CT molecular complexity index is 1290. The van der Waals surface area contributed by atoms with E-state index >= 15 is 0 Å². The first-order chi connectivity index (χ1) is 16.5. The minimum atomic E-state index is -0.791. The molecule has 0 fully saturated rings. The van der Waals surface area contributed by atoms with Gasteiger partial charge in [-0.05, 0) is 30.5 Å². The summed E-state index contributed by atoms with van der Waals surface area (Å²) in [4.78, 5) is 51.4. The van der Waals surface area contributed by atoms with E-state index in [9.17, 15) is 24.3 Å². The van der Waals surface area contributed by atoms with Crippen LogP contribution in [0.3, 0.4) is 0 Å². The average Bonchev–Trinajstić information content (AvgIpc) is 2.83. The van der Waals surface area contributed by atoms with Crippen LogP contribution in [0.25, 0.3) is 0 Å². The number of phenols is 1. The first kappa shape index (κ1) is 25.5. The van der Waals surface area contributed by atoms with E-state index in [2.05, 4.69) is 16.0 Å². The highest BCUT2D eigenvalue weighted by Crippen LogP contribution is 2.32. The molecule has 3 aromatic carbocycles. The summed E-state index contributed by atoms with van der Waals surface area (Å²) in [5.41, 5.74) is -0.589. The zero-order valence-electron chi connectivity index (χ0n) is 20.4. The van der Waals surface area contributed by atoms with Crippen LogP contribution in [0, 0.1) is 5.92 Å². The fourth-order valence-electron chi connectivity index (χ4n) is 3.66. The number of anilines is 3. The summed E-state index contributed by atoms with van der Waals surface area (Å²) < 4.78 is 0. The number of hydrogen-bond acceptors (Lipinski definition) is 7. The molecule has 9 nitrogen and oxygen atoms in total. The lowest BCUT2D eigenvalue weighted by Gasteiger charge is -2.26. The number of phenolic OH excluding ortho intramolecular Hbond substituents is 1. The number of carbonyl (C=O) groups excluding carboxylic acids is 2. The Morgan fingerprint density at radius 3 is 2.11 bits per heavy atom. The number of para-hydroxylation sites is 1. The summed E-state index contributed by atoms with van der Waals surface area (Å²) in [5, 5.41) is 19.2. The lowest BCUT2D eigenvalue weighted by molar-refractivity contribution is -0.123. The van der Waals surface area contributed by atoms with Crippen LogP contribution in [0.15, 0.2) is 58.1 Å². The summed E-state index contributed by atoms with van der Waals surface area (Å²) in [6.45, 7) is 5.51. The van der Waals surface area contributed by atoms with Gasteiger partial charge in [0, 0.05) is 14.1 Å². The van der Waals surface area contributed by atoms with E-state index in [1.807, 2.05) is 51.1 Å². The predicted octanol–water partition coefficient (Wildman–Crippen LogP) is 2.75. The molecule has 35 heavy (non-hydrogen) atoms. The molecule has 0 spiro atoms. The number of amides is 2. The molecule has 184 valence electrons. The van der Waals surface area contributed by atoms with Crippen LogP contribution in [0.1, 0.15) is 42.7 Å². The van der Waals surface area contributed by atoms with Crippen LogP contribution in [-0.4, -0.2) is 42.0 Å². The Hall–Kier alpha value is -4.14. The van der Waals surface area contributed by atoms with Crippen LogP contribution in [0.5, 0.6) is 5.75 Å². The maximum Gasteiger partial charge on any atom is 0.257 e. The Balaban J connectivity index is 1.83. The van der Waals surface area contributed by atoms with Gasteiger partial charge in [0.25, 0.3) is 16.8 Å². The quantitative estimate of drug-likeness (QED) is 0.275. The minimum Gasteiger partial charge on any atom is -0.505 e. The Morgan fingerprint density at radius 1 is 0.886 bits per heavy atom. The summed E-state index contributed by atoms with van der Waals surface area (Å²) >= 11 is 0. The maximum absolute atomic E-state index is 13.0. The lowest BCUT2D eigenvalue weighted by atomic mass is 10.0. The Kier molecular flexibility index (Phi) is 7.58. The molecule has 0 aliphatic rings. The molecule has 0 saturated heterocycles. The van der Waals surface area contributed by atoms with Crippen molar-refractivity contribution in [2.75, 3.05) is 24.7 Å². The molecule has 0 unspecified atom stereocenters. The third kappa shape index (κ3) is 5.34. The van der Waals surface area contributed by atoms with Crippen molar-refractivity contribution in [3.63, 3.8) is 0 Å². The highest BCUT2D eigenvalue weighted by Gasteiger charge is 2.30. The van der Waals surface area contributed by atoms with Gasteiger partial charge >= 0.3 is 0 Å². The summed E-state index contributed by atoms with van der Waals surface area (Å²) in [6, 6.07) is 12.9. The normalized spacial score (nSPS) is 12.7. The number of benzene rings is 2. The van der Waals surface area contributed by atoms with Gasteiger partial charge in [-0.2, -0.15) is 0 Å². The first-order valence-corrected chi connectivity index (χ1v) is 11.3. The molecule has 3 aromatic rings. The molecule has 2 atom stereocenters. The summed E-state index contributed by atoms with van der Waals surface area (Å²) in [7, 11) is 3.10. The second-order valence-electron chi connectivity index (χ2n) is 8.94. The van der Waals surface area contributed by atoms with Gasteiger partial charge < -0.3 is 26.0 Å². The topological polar surface area (TPSA) is 128 Å². The van der Waals surface area contributed by atoms with Gasteiger partial charge in [0.2, 0.25) is 5.91 Å². The zero-order valence-corrected chi connectivity index (χ0v) is 20.4. The standard InChI is InChI=1S/C26H30N4O5/c1-14(2)19(25(34)27-15(3)16-10-7-6-8-11-16)29-21-20(23(32)24(21)33)28-18-13-9-12-17(22(18)31)26(35)30(4)5/h6-15,19,28-29,31H,1-5H3,(H,27,34)/t15-,19+/m1/s1. The fraction of sp³-hybridized carbons (Fsp3) is 0.308. The fourth-order valence-corrected chi connectivity index (χ4v) is 3.66. The van der Waals surface area contributed by atoms with Gasteiger partial charge in [0.1, 0.15) is 17.4 Å². The van der Waals surface area contributed by atoms with Gasteiger partial charge in [-0.15, -0.1) is 0 Å². The number of hydrogen-bond donors (Lipinski definition) is 4. The number of carbonyl (C=O) groups is 2. The van der Waals surface area contributed by atoms with Crippen molar-refractivity contribution in [3.05, 3.63) is 80.1 Å². The molecule has 0 radical (unpaired) electrons. The molecule has 9 heteroatoms. The van der Waals surface area contributed by atoms with Crippen LogP contribution < -0.4 is 26.8 Å². The van der Waals surface area contributed by atoms with Crippen molar-refractivity contribution in [2.45, 2.75) is 32.9 Å². The summed E-state index contributed by atoms with van der Waals surface area (Å²) in [5.74, 6) is -1.29. The molecule has 0 aromatic heterocycles. The number of nitrogens with zero attached hydrogens (tertiary/aromatic N) is 1. The van der Waals surface area contributed by atoms with Crippen LogP contribution in [-0.2, 0) is 4.79 Å². The van der Waals surface area contributed by atoms with Crippen molar-refractivity contribution in [3.8, 4) is 5.75 Å². The molecule has 2 amide bonds. The number of rotatable bonds is 9. The maximum atomic E-state index is 13.0. The van der Waals surface area contributed by atoms with Gasteiger partial charge in [-0.1, -0.05) is 50.2 Å². The number of nitrogens with one attached hydrogen (secondary N) is 3. The summed E-state index contributed by atoms with van der Waals surface area (Å²) in [6.07, 6.45) is 0. The van der Waals surface area contributed by atoms with E-state index in [-0.39, 0.29) is 46.2 Å². The lowest BCUT2D eigenvalue weighted by Crippen LogP contribution is -2.47. The zero-order chi connectivity index (χ0) is 25.9. The minimum absolute atomic E-state index is 0.0417. The monoisotopic (exact) mass is 478 g/mol. The first-order valence-electron chi connectivity index (χ1n) is 11.3. The second kappa shape index (κ2) is 10.4. The molecule has 0 heterocycles. The third-order valence-corrected chi connectivity index (χ3v) is 5.75. The second-order valence-corrected chi connectivity index (χ2v) is 8.94. The van der Waals surface area contributed by atoms with Crippen molar-refractivity contribution in [1.29, 1.82) is 0 Å². The van der Waals surface area contributed by atoms with Crippen molar-refractivity contribution in [1.82, 2.24) is 10.2 Å². The van der Waals surface area contributed by atoms with Gasteiger partial charge in [-0.25, -0.2) is 0 Å². The van der Waals surface area contributed by atoms with Gasteiger partial charge in [-0.3, -0.25) is 19.2 Å². The molecule has 0 aliphatic heterocycles. The van der Waals surface area contributed by atoms with E-state index in [1.54, 1.807) is 20.2 Å². The van der Waals surface area contributed by atoms with Crippen LogP contribution >= 0.6 is 0 Å². The molecule has 0 saturated carbocycles. The molecule has 0 bridgehead atoms. The molecule has 4 N–H and O–H groups in total. The third-order valence-electron chi connectivity index (χ3n) is 5.75. The van der Waals surface area contributed by atoms with E-state index < -0.39 is 22.8 Å². The Labute approximate surface area is 203 Å². The van der Waals surface area contributed by atoms with Crippen molar-refractivity contribution >= 4 is 28.9 Å². The van der Waals surface area contributed by atoms with Gasteiger partial charge in [0.05, 0.1) is 17.3 Å². The highest BCUT2D eigenvalue weighted by molar-refractivity contribution is 5.99.